The van der Waals surface area contributed by atoms with E-state index in [-0.39, 0.29) is 0 Å². The van der Waals surface area contributed by atoms with Gasteiger partial charge < -0.3 is 10.4 Å². The van der Waals surface area contributed by atoms with Crippen LogP contribution in [0.25, 0.3) is 0 Å². The molecule has 3 aliphatic rings. The zero-order chi connectivity index (χ0) is 8.13. The zero-order valence-electron chi connectivity index (χ0n) is 7.37. The minimum Gasteiger partial charge on any atom is -0.395 e. The Morgan fingerprint density at radius 3 is 2.92 bits per heavy atom. The molecule has 2 aliphatic carbocycles. The zero-order valence-corrected chi connectivity index (χ0v) is 7.37. The van der Waals surface area contributed by atoms with E-state index in [1.54, 1.807) is 0 Å². The lowest BCUT2D eigenvalue weighted by Gasteiger charge is -2.26. The van der Waals surface area contributed by atoms with Crippen LogP contribution >= 0.6 is 0 Å². The predicted octanol–water partition coefficient (Wildman–Crippen LogP) is 0.613. The molecule has 3 fully saturated rings. The van der Waals surface area contributed by atoms with Crippen LogP contribution in [0.4, 0.5) is 0 Å². The van der Waals surface area contributed by atoms with E-state index in [9.17, 15) is 5.11 Å². The molecule has 4 unspecified atom stereocenters. The quantitative estimate of drug-likeness (QED) is 0.600. The topological polar surface area (TPSA) is 32.3 Å². The highest BCUT2D eigenvalue weighted by Gasteiger charge is 2.52. The molecule has 2 nitrogen and oxygen atoms in total. The van der Waals surface area contributed by atoms with Gasteiger partial charge >= 0.3 is 0 Å². The van der Waals surface area contributed by atoms with E-state index in [2.05, 4.69) is 5.32 Å². The van der Waals surface area contributed by atoms with Gasteiger partial charge in [-0.2, -0.15) is 0 Å². The Labute approximate surface area is 73.4 Å². The van der Waals surface area contributed by atoms with E-state index in [0.717, 1.165) is 23.7 Å². The third kappa shape index (κ3) is 0.775. The van der Waals surface area contributed by atoms with Crippen LogP contribution in [-0.2, 0) is 0 Å². The van der Waals surface area contributed by atoms with E-state index in [4.69, 9.17) is 0 Å². The van der Waals surface area contributed by atoms with Crippen LogP contribution in [0.1, 0.15) is 19.3 Å². The molecule has 68 valence electrons. The summed E-state index contributed by atoms with van der Waals surface area (Å²) in [4.78, 5) is 0. The molecular weight excluding hydrogens is 150 g/mol. The number of hydrogen-bond donors (Lipinski definition) is 2. The minimum absolute atomic E-state index is 0.352. The fourth-order valence-electron chi connectivity index (χ4n) is 3.99. The Morgan fingerprint density at radius 2 is 2.08 bits per heavy atom. The normalized spacial score (nSPS) is 56.2. The number of rotatable bonds is 1. The summed E-state index contributed by atoms with van der Waals surface area (Å²) in [5.74, 6) is 3.70. The average molecular weight is 167 g/mol. The van der Waals surface area contributed by atoms with Gasteiger partial charge in [0.05, 0.1) is 6.61 Å². The Hall–Kier alpha value is -0.0800. The largest absolute Gasteiger partial charge is 0.395 e. The molecule has 0 aromatic rings. The van der Waals surface area contributed by atoms with Gasteiger partial charge in [-0.05, 0) is 49.5 Å². The Kier molecular flexibility index (Phi) is 1.50. The van der Waals surface area contributed by atoms with Crippen molar-refractivity contribution in [1.29, 1.82) is 0 Å². The molecule has 1 heterocycles. The van der Waals surface area contributed by atoms with Crippen molar-refractivity contribution in [2.24, 2.45) is 23.7 Å². The van der Waals surface area contributed by atoms with Crippen molar-refractivity contribution in [3.8, 4) is 0 Å². The fourth-order valence-corrected chi connectivity index (χ4v) is 3.99. The lowest BCUT2D eigenvalue weighted by Crippen LogP contribution is -2.33. The van der Waals surface area contributed by atoms with Crippen LogP contribution in [-0.4, -0.2) is 24.3 Å². The minimum atomic E-state index is 0.352. The SMILES string of the molecule is OC[C@H]1NCC2C3CCC(C3)C21. The van der Waals surface area contributed by atoms with Gasteiger partial charge in [-0.15, -0.1) is 0 Å². The number of nitrogens with one attached hydrogen (secondary N) is 1. The summed E-state index contributed by atoms with van der Waals surface area (Å²) in [6.45, 7) is 1.53. The summed E-state index contributed by atoms with van der Waals surface area (Å²) in [6.07, 6.45) is 4.36. The molecule has 0 aromatic carbocycles. The summed E-state index contributed by atoms with van der Waals surface area (Å²) < 4.78 is 0. The van der Waals surface area contributed by atoms with Gasteiger partial charge in [0.15, 0.2) is 0 Å². The van der Waals surface area contributed by atoms with Gasteiger partial charge in [-0.25, -0.2) is 0 Å². The molecule has 2 heteroatoms. The van der Waals surface area contributed by atoms with E-state index in [0.29, 0.717) is 12.6 Å². The van der Waals surface area contributed by atoms with Gasteiger partial charge in [-0.1, -0.05) is 0 Å². The molecule has 1 saturated heterocycles. The number of fused-ring (bicyclic) bond motifs is 5. The Bertz CT molecular complexity index is 192. The van der Waals surface area contributed by atoms with Crippen LogP contribution in [0.2, 0.25) is 0 Å². The van der Waals surface area contributed by atoms with Crippen molar-refractivity contribution < 1.29 is 5.11 Å². The van der Waals surface area contributed by atoms with Crippen LogP contribution in [0.5, 0.6) is 0 Å². The van der Waals surface area contributed by atoms with E-state index in [1.165, 1.54) is 25.8 Å². The first-order valence-electron chi connectivity index (χ1n) is 5.24. The molecule has 12 heavy (non-hydrogen) atoms. The molecule has 0 aromatic heterocycles. The summed E-state index contributed by atoms with van der Waals surface area (Å²) in [7, 11) is 0. The molecule has 0 spiro atoms. The maximum atomic E-state index is 9.18. The van der Waals surface area contributed by atoms with Crippen molar-refractivity contribution in [2.75, 3.05) is 13.2 Å². The maximum Gasteiger partial charge on any atom is 0.0587 e. The van der Waals surface area contributed by atoms with E-state index >= 15 is 0 Å². The molecule has 0 amide bonds. The predicted molar refractivity (Wildman–Crippen MR) is 46.7 cm³/mol. The second-order valence-corrected chi connectivity index (χ2v) is 4.77. The monoisotopic (exact) mass is 167 g/mol. The van der Waals surface area contributed by atoms with Gasteiger partial charge in [-0.3, -0.25) is 0 Å². The average Bonchev–Trinajstić information content (AvgIpc) is 2.76. The van der Waals surface area contributed by atoms with Gasteiger partial charge in [0.2, 0.25) is 0 Å². The van der Waals surface area contributed by atoms with Crippen LogP contribution in [0, 0.1) is 23.7 Å². The smallest absolute Gasteiger partial charge is 0.0587 e. The molecular formula is C10H17NO. The highest BCUT2D eigenvalue weighted by Crippen LogP contribution is 2.55. The second kappa shape index (κ2) is 2.46. The Morgan fingerprint density at radius 1 is 1.25 bits per heavy atom. The van der Waals surface area contributed by atoms with Crippen molar-refractivity contribution in [2.45, 2.75) is 25.3 Å². The summed E-state index contributed by atoms with van der Waals surface area (Å²) in [5.41, 5.74) is 0. The highest BCUT2D eigenvalue weighted by atomic mass is 16.3. The summed E-state index contributed by atoms with van der Waals surface area (Å²) >= 11 is 0. The first-order valence-corrected chi connectivity index (χ1v) is 5.24. The van der Waals surface area contributed by atoms with Gasteiger partial charge in [0, 0.05) is 6.04 Å². The fraction of sp³-hybridized carbons (Fsp3) is 1.00. The third-order valence-corrected chi connectivity index (χ3v) is 4.44. The van der Waals surface area contributed by atoms with Crippen molar-refractivity contribution in [3.05, 3.63) is 0 Å². The lowest BCUT2D eigenvalue weighted by molar-refractivity contribution is 0.178. The molecule has 5 atom stereocenters. The third-order valence-electron chi connectivity index (χ3n) is 4.44. The first kappa shape index (κ1) is 7.34. The Balaban J connectivity index is 1.85. The summed E-state index contributed by atoms with van der Waals surface area (Å²) in [6, 6.07) is 0.435. The molecule has 2 saturated carbocycles. The highest BCUT2D eigenvalue weighted by molar-refractivity contribution is 5.05. The molecule has 2 N–H and O–H groups in total. The molecule has 3 rings (SSSR count). The standard InChI is InChI=1S/C10H17NO/c12-5-9-10-7-2-1-6(3-7)8(10)4-11-9/h6-12H,1-5H2/t6?,7?,8?,9-,10?/m1/s1. The molecule has 0 radical (unpaired) electrons. The number of aliphatic hydroxyl groups excluding tert-OH is 1. The lowest BCUT2D eigenvalue weighted by atomic mass is 9.79. The van der Waals surface area contributed by atoms with Crippen molar-refractivity contribution >= 4 is 0 Å². The van der Waals surface area contributed by atoms with E-state index < -0.39 is 0 Å². The van der Waals surface area contributed by atoms with Gasteiger partial charge in [0.1, 0.15) is 0 Å². The van der Waals surface area contributed by atoms with Crippen LogP contribution < -0.4 is 5.32 Å². The van der Waals surface area contributed by atoms with Crippen LogP contribution in [0.15, 0.2) is 0 Å². The van der Waals surface area contributed by atoms with Gasteiger partial charge in [0.25, 0.3) is 0 Å². The first-order chi connectivity index (χ1) is 5.90. The molecule has 1 aliphatic heterocycles. The van der Waals surface area contributed by atoms with Crippen molar-refractivity contribution in [1.82, 2.24) is 5.32 Å². The number of hydrogen-bond acceptors (Lipinski definition) is 2. The summed E-state index contributed by atoms with van der Waals surface area (Å²) in [5, 5.41) is 12.6. The van der Waals surface area contributed by atoms with E-state index in [1.807, 2.05) is 0 Å². The van der Waals surface area contributed by atoms with Crippen LogP contribution in [0.3, 0.4) is 0 Å². The van der Waals surface area contributed by atoms with Crippen molar-refractivity contribution in [3.63, 3.8) is 0 Å². The number of aliphatic hydroxyl groups is 1. The molecule has 2 bridgehead atoms. The maximum absolute atomic E-state index is 9.18. The second-order valence-electron chi connectivity index (χ2n) is 4.77.